The zero-order valence-corrected chi connectivity index (χ0v) is 17.9. The second-order valence-corrected chi connectivity index (χ2v) is 7.98. The highest BCUT2D eigenvalue weighted by atomic mass is 35.5. The van der Waals surface area contributed by atoms with Gasteiger partial charge in [0, 0.05) is 18.5 Å². The zero-order chi connectivity index (χ0) is 22.7. The number of ether oxygens (including phenoxy) is 1. The largest absolute Gasteiger partial charge is 0.459 e. The number of hydrogen-bond donors (Lipinski definition) is 1. The third kappa shape index (κ3) is 4.50. The quantitative estimate of drug-likeness (QED) is 0.602. The van der Waals surface area contributed by atoms with Crippen LogP contribution in [0.2, 0.25) is 5.02 Å². The number of hydrogen-bond acceptors (Lipinski definition) is 4. The minimum Gasteiger partial charge on any atom is -0.459 e. The fraction of sp³-hybridized carbons (Fsp3) is 0.160. The van der Waals surface area contributed by atoms with E-state index in [9.17, 15) is 14.4 Å². The highest BCUT2D eigenvalue weighted by Crippen LogP contribution is 2.28. The van der Waals surface area contributed by atoms with Crippen LogP contribution in [-0.4, -0.2) is 28.7 Å². The number of esters is 1. The minimum atomic E-state index is -0.779. The molecule has 0 saturated carbocycles. The van der Waals surface area contributed by atoms with Gasteiger partial charge < -0.3 is 15.4 Å². The van der Waals surface area contributed by atoms with Gasteiger partial charge in [0.25, 0.3) is 5.91 Å². The molecule has 32 heavy (non-hydrogen) atoms. The highest BCUT2D eigenvalue weighted by Gasteiger charge is 2.36. The van der Waals surface area contributed by atoms with E-state index in [2.05, 4.69) is 0 Å². The Labute approximate surface area is 190 Å². The monoisotopic (exact) mass is 448 g/mol. The summed E-state index contributed by atoms with van der Waals surface area (Å²) in [4.78, 5) is 39.1. The van der Waals surface area contributed by atoms with Gasteiger partial charge >= 0.3 is 5.97 Å². The molecule has 0 bridgehead atoms. The Morgan fingerprint density at radius 1 is 0.938 bits per heavy atom. The van der Waals surface area contributed by atoms with Crippen LogP contribution < -0.4 is 5.73 Å². The van der Waals surface area contributed by atoms with Gasteiger partial charge in [0.15, 0.2) is 0 Å². The van der Waals surface area contributed by atoms with Gasteiger partial charge in [-0.2, -0.15) is 0 Å². The number of rotatable bonds is 5. The molecule has 0 aliphatic carbocycles. The Bertz CT molecular complexity index is 1180. The van der Waals surface area contributed by atoms with Gasteiger partial charge in [0.05, 0.1) is 10.6 Å². The van der Waals surface area contributed by atoms with E-state index in [4.69, 9.17) is 22.1 Å². The number of carbonyl (C=O) groups is 3. The summed E-state index contributed by atoms with van der Waals surface area (Å²) in [6.45, 7) is 0.303. The average Bonchev–Trinajstić information content (AvgIpc) is 2.81. The molecule has 1 heterocycles. The van der Waals surface area contributed by atoms with Crippen LogP contribution in [0.1, 0.15) is 37.4 Å². The van der Waals surface area contributed by atoms with Crippen molar-refractivity contribution < 1.29 is 19.1 Å². The molecule has 1 unspecified atom stereocenters. The van der Waals surface area contributed by atoms with E-state index in [0.717, 1.165) is 11.1 Å². The van der Waals surface area contributed by atoms with E-state index < -0.39 is 17.9 Å². The Hall–Kier alpha value is -3.64. The molecule has 0 saturated heterocycles. The summed E-state index contributed by atoms with van der Waals surface area (Å²) < 4.78 is 5.55. The predicted octanol–water partition coefficient (Wildman–Crippen LogP) is 3.75. The van der Waals surface area contributed by atoms with Crippen molar-refractivity contribution in [3.63, 3.8) is 0 Å². The molecule has 2 N–H and O–H groups in total. The number of primary amides is 1. The molecule has 1 aliphatic rings. The van der Waals surface area contributed by atoms with Crippen LogP contribution in [0, 0.1) is 0 Å². The third-order valence-corrected chi connectivity index (χ3v) is 5.83. The molecule has 3 aromatic carbocycles. The van der Waals surface area contributed by atoms with E-state index in [-0.39, 0.29) is 19.1 Å². The van der Waals surface area contributed by atoms with Crippen LogP contribution in [0.25, 0.3) is 0 Å². The SMILES string of the molecule is NC(=O)c1ccc(COC(=O)C2Cc3ccccc3CN2C(=O)c2ccccc2Cl)cc1. The standard InChI is InChI=1S/C25H21ClN2O4/c26-21-8-4-3-7-20(21)24(30)28-14-19-6-2-1-5-18(19)13-22(28)25(31)32-15-16-9-11-17(12-10-16)23(27)29/h1-12,22H,13-15H2,(H2,27,29). The van der Waals surface area contributed by atoms with Crippen LogP contribution in [0.4, 0.5) is 0 Å². The van der Waals surface area contributed by atoms with Crippen LogP contribution in [0.3, 0.4) is 0 Å². The fourth-order valence-electron chi connectivity index (χ4n) is 3.75. The molecule has 162 valence electrons. The number of carbonyl (C=O) groups excluding carboxylic acids is 3. The van der Waals surface area contributed by atoms with Crippen LogP contribution in [0.5, 0.6) is 0 Å². The summed E-state index contributed by atoms with van der Waals surface area (Å²) in [5, 5.41) is 0.331. The summed E-state index contributed by atoms with van der Waals surface area (Å²) in [5.41, 5.74) is 8.67. The van der Waals surface area contributed by atoms with Crippen molar-refractivity contribution in [3.05, 3.63) is 106 Å². The lowest BCUT2D eigenvalue weighted by Gasteiger charge is -2.35. The number of fused-ring (bicyclic) bond motifs is 1. The smallest absolute Gasteiger partial charge is 0.329 e. The van der Waals surface area contributed by atoms with E-state index in [1.54, 1.807) is 48.5 Å². The molecule has 3 aromatic rings. The minimum absolute atomic E-state index is 0.0180. The van der Waals surface area contributed by atoms with Crippen LogP contribution in [-0.2, 0) is 29.1 Å². The Morgan fingerprint density at radius 2 is 1.59 bits per heavy atom. The summed E-state index contributed by atoms with van der Waals surface area (Å²) in [7, 11) is 0. The first-order chi connectivity index (χ1) is 15.4. The molecule has 0 radical (unpaired) electrons. The van der Waals surface area contributed by atoms with E-state index >= 15 is 0 Å². The summed E-state index contributed by atoms with van der Waals surface area (Å²) in [5.74, 6) is -1.35. The molecular weight excluding hydrogens is 428 g/mol. The van der Waals surface area contributed by atoms with Crippen molar-refractivity contribution in [2.24, 2.45) is 5.73 Å². The van der Waals surface area contributed by atoms with Crippen molar-refractivity contribution in [2.45, 2.75) is 25.6 Å². The summed E-state index contributed by atoms with van der Waals surface area (Å²) >= 11 is 6.25. The number of benzene rings is 3. The van der Waals surface area contributed by atoms with Crippen molar-refractivity contribution in [1.82, 2.24) is 4.90 Å². The van der Waals surface area contributed by atoms with Gasteiger partial charge in [-0.15, -0.1) is 0 Å². The topological polar surface area (TPSA) is 89.7 Å². The van der Waals surface area contributed by atoms with Crippen LogP contribution >= 0.6 is 11.6 Å². The average molecular weight is 449 g/mol. The Kier molecular flexibility index (Phi) is 6.23. The molecule has 0 fully saturated rings. The fourth-order valence-corrected chi connectivity index (χ4v) is 3.97. The van der Waals surface area contributed by atoms with Gasteiger partial charge in [-0.1, -0.05) is 60.1 Å². The van der Waals surface area contributed by atoms with E-state index in [1.807, 2.05) is 24.3 Å². The first kappa shape index (κ1) is 21.6. The lowest BCUT2D eigenvalue weighted by molar-refractivity contribution is -0.151. The second-order valence-electron chi connectivity index (χ2n) is 7.57. The van der Waals surface area contributed by atoms with Crippen molar-refractivity contribution in [2.75, 3.05) is 0 Å². The van der Waals surface area contributed by atoms with Gasteiger partial charge in [0.2, 0.25) is 5.91 Å². The van der Waals surface area contributed by atoms with Gasteiger partial charge in [-0.05, 0) is 41.0 Å². The maximum absolute atomic E-state index is 13.3. The number of nitrogens with two attached hydrogens (primary N) is 1. The zero-order valence-electron chi connectivity index (χ0n) is 17.2. The molecule has 0 spiro atoms. The molecule has 7 heteroatoms. The third-order valence-electron chi connectivity index (χ3n) is 5.51. The molecule has 1 atom stereocenters. The molecule has 6 nitrogen and oxygen atoms in total. The van der Waals surface area contributed by atoms with Gasteiger partial charge in [-0.3, -0.25) is 9.59 Å². The van der Waals surface area contributed by atoms with Crippen molar-refractivity contribution in [1.29, 1.82) is 0 Å². The summed E-state index contributed by atoms with van der Waals surface area (Å²) in [6.07, 6.45) is 0.353. The van der Waals surface area contributed by atoms with E-state index in [0.29, 0.717) is 28.1 Å². The lowest BCUT2D eigenvalue weighted by Crippen LogP contribution is -2.49. The Balaban J connectivity index is 1.56. The Morgan fingerprint density at radius 3 is 2.28 bits per heavy atom. The number of halogens is 1. The normalized spacial score (nSPS) is 15.0. The lowest BCUT2D eigenvalue weighted by atomic mass is 9.93. The van der Waals surface area contributed by atoms with Crippen LogP contribution in [0.15, 0.2) is 72.8 Å². The highest BCUT2D eigenvalue weighted by molar-refractivity contribution is 6.33. The molecular formula is C25H21ClN2O4. The van der Waals surface area contributed by atoms with Gasteiger partial charge in [-0.25, -0.2) is 4.79 Å². The van der Waals surface area contributed by atoms with Crippen molar-refractivity contribution >= 4 is 29.4 Å². The maximum atomic E-state index is 13.3. The summed E-state index contributed by atoms with van der Waals surface area (Å²) in [6, 6.07) is 20.2. The predicted molar refractivity (Wildman–Crippen MR) is 120 cm³/mol. The first-order valence-electron chi connectivity index (χ1n) is 10.1. The van der Waals surface area contributed by atoms with Crippen molar-refractivity contribution in [3.8, 4) is 0 Å². The molecule has 1 aliphatic heterocycles. The maximum Gasteiger partial charge on any atom is 0.329 e. The van der Waals surface area contributed by atoms with E-state index in [1.165, 1.54) is 4.90 Å². The number of nitrogens with zero attached hydrogens (tertiary/aromatic N) is 1. The second kappa shape index (κ2) is 9.24. The molecule has 4 rings (SSSR count). The van der Waals surface area contributed by atoms with Gasteiger partial charge in [0.1, 0.15) is 12.6 Å². The first-order valence-corrected chi connectivity index (χ1v) is 10.5. The number of amides is 2. The molecule has 2 amide bonds. The molecule has 0 aromatic heterocycles.